The van der Waals surface area contributed by atoms with E-state index < -0.39 is 40.3 Å². The lowest BCUT2D eigenvalue weighted by Crippen LogP contribution is -2.62. The van der Waals surface area contributed by atoms with Crippen LogP contribution in [0.1, 0.15) is 86.0 Å². The number of aliphatic hydroxyl groups excluding tert-OH is 3. The molecule has 0 unspecified atom stereocenters. The van der Waals surface area contributed by atoms with Crippen LogP contribution in [-0.4, -0.2) is 73.4 Å². The van der Waals surface area contributed by atoms with Gasteiger partial charge in [-0.2, -0.15) is 0 Å². The van der Waals surface area contributed by atoms with E-state index in [0.717, 1.165) is 0 Å². The summed E-state index contributed by atoms with van der Waals surface area (Å²) < 4.78 is 5.06. The molecule has 0 bridgehead atoms. The molecule has 4 rings (SSSR count). The van der Waals surface area contributed by atoms with E-state index in [0.29, 0.717) is 50.5 Å². The van der Waals surface area contributed by atoms with Crippen LogP contribution in [-0.2, 0) is 14.3 Å². The van der Waals surface area contributed by atoms with Crippen molar-refractivity contribution in [2.24, 2.45) is 34.5 Å². The minimum Gasteiger partial charge on any atom is -0.466 e. The Morgan fingerprint density at radius 2 is 1.84 bits per heavy atom. The molecule has 0 spiro atoms. The first-order valence-electron chi connectivity index (χ1n) is 14.0. The second-order valence-electron chi connectivity index (χ2n) is 13.3. The fraction of sp³-hybridized carbons (Fsp3) is 0.862. The number of fused-ring (bicyclic) bond motifs is 5. The van der Waals surface area contributed by atoms with Crippen LogP contribution in [0.4, 0.5) is 0 Å². The van der Waals surface area contributed by atoms with Crippen LogP contribution in [0.2, 0.25) is 0 Å². The molecule has 0 aromatic heterocycles. The summed E-state index contributed by atoms with van der Waals surface area (Å²) in [6.45, 7) is 9.20. The molecule has 37 heavy (non-hydrogen) atoms. The summed E-state index contributed by atoms with van der Waals surface area (Å²) in [7, 11) is 0. The van der Waals surface area contributed by atoms with Gasteiger partial charge in [-0.3, -0.25) is 9.59 Å². The Morgan fingerprint density at radius 3 is 2.49 bits per heavy atom. The van der Waals surface area contributed by atoms with Crippen LogP contribution in [0.25, 0.3) is 0 Å². The summed E-state index contributed by atoms with van der Waals surface area (Å²) >= 11 is 0. The number of esters is 1. The predicted molar refractivity (Wildman–Crippen MR) is 136 cm³/mol. The SMILES string of the molecule is CC(=O)OC[C@@H](C)CC[C@@H](O)[C@](C)(O)[C@H]1CC[C@@]2(O)C3=CC(=O)[C@@H]4C[C@@H](O)[C@@H](O)C[C@]4(C)[C@H]3CC[C@]12C. The van der Waals surface area contributed by atoms with Crippen LogP contribution in [0.3, 0.4) is 0 Å². The highest BCUT2D eigenvalue weighted by molar-refractivity contribution is 5.95. The van der Waals surface area contributed by atoms with E-state index in [1.165, 1.54) is 6.92 Å². The molecule has 8 nitrogen and oxygen atoms in total. The molecule has 3 saturated carbocycles. The molecule has 0 aromatic carbocycles. The molecule has 4 aliphatic rings. The molecular formula is C29H46O8. The molecule has 0 amide bonds. The summed E-state index contributed by atoms with van der Waals surface area (Å²) in [4.78, 5) is 24.4. The summed E-state index contributed by atoms with van der Waals surface area (Å²) in [5.41, 5.74) is -3.33. The maximum atomic E-state index is 13.3. The molecule has 0 aliphatic heterocycles. The lowest BCUT2D eigenvalue weighted by molar-refractivity contribution is -0.176. The van der Waals surface area contributed by atoms with Crippen molar-refractivity contribution in [2.75, 3.05) is 6.61 Å². The van der Waals surface area contributed by atoms with Crippen LogP contribution in [0.5, 0.6) is 0 Å². The lowest BCUT2D eigenvalue weighted by atomic mass is 9.45. The molecule has 8 heteroatoms. The number of carbonyl (C=O) groups is 2. The van der Waals surface area contributed by atoms with E-state index in [1.54, 1.807) is 13.0 Å². The van der Waals surface area contributed by atoms with E-state index in [2.05, 4.69) is 0 Å². The third kappa shape index (κ3) is 4.50. The average molecular weight is 523 g/mol. The monoisotopic (exact) mass is 522 g/mol. The van der Waals surface area contributed by atoms with Crippen molar-refractivity contribution in [2.45, 2.75) is 115 Å². The van der Waals surface area contributed by atoms with E-state index >= 15 is 0 Å². The molecule has 0 heterocycles. The van der Waals surface area contributed by atoms with Gasteiger partial charge in [-0.05, 0) is 93.1 Å². The lowest BCUT2D eigenvalue weighted by Gasteiger charge is -2.60. The van der Waals surface area contributed by atoms with Gasteiger partial charge in [-0.1, -0.05) is 20.8 Å². The van der Waals surface area contributed by atoms with E-state index in [-0.39, 0.29) is 48.5 Å². The Labute approximate surface area is 220 Å². The number of ether oxygens (including phenoxy) is 1. The number of hydrogen-bond donors (Lipinski definition) is 5. The Balaban J connectivity index is 1.56. The van der Waals surface area contributed by atoms with Crippen molar-refractivity contribution in [1.82, 2.24) is 0 Å². The van der Waals surface area contributed by atoms with Gasteiger partial charge in [-0.15, -0.1) is 0 Å². The van der Waals surface area contributed by atoms with Crippen molar-refractivity contribution < 1.29 is 39.9 Å². The fourth-order valence-electron chi connectivity index (χ4n) is 8.62. The highest BCUT2D eigenvalue weighted by atomic mass is 16.5. The Kier molecular flexibility index (Phi) is 7.52. The minimum atomic E-state index is -1.45. The van der Waals surface area contributed by atoms with E-state index in [4.69, 9.17) is 4.74 Å². The first-order chi connectivity index (χ1) is 17.1. The second-order valence-corrected chi connectivity index (χ2v) is 13.3. The molecule has 210 valence electrons. The van der Waals surface area contributed by atoms with Crippen molar-refractivity contribution in [3.8, 4) is 0 Å². The summed E-state index contributed by atoms with van der Waals surface area (Å²) in [6.07, 6.45) is 2.45. The topological polar surface area (TPSA) is 145 Å². The number of carbonyl (C=O) groups excluding carboxylic acids is 2. The van der Waals surface area contributed by atoms with Crippen molar-refractivity contribution in [1.29, 1.82) is 0 Å². The van der Waals surface area contributed by atoms with Gasteiger partial charge in [0.25, 0.3) is 0 Å². The Morgan fingerprint density at radius 1 is 1.16 bits per heavy atom. The Hall–Kier alpha value is -1.32. The predicted octanol–water partition coefficient (Wildman–Crippen LogP) is 2.28. The molecule has 0 radical (unpaired) electrons. The highest BCUT2D eigenvalue weighted by Crippen LogP contribution is 2.68. The number of aliphatic hydroxyl groups is 5. The van der Waals surface area contributed by atoms with Gasteiger partial charge in [0, 0.05) is 18.3 Å². The standard InChI is InChI=1S/C29H46O8/c1-16(15-37-17(2)30)6-7-25(34)28(5,35)24-9-11-29(36)19-12-21(31)20-13-22(32)23(33)14-26(20,3)18(19)8-10-27(24,29)4/h12,16,18,20,22-25,32-36H,6-11,13-15H2,1-5H3/t16-,18-,20-,22+,23-,24-,25+,26+,27+,28+,29+/m0/s1. The van der Waals surface area contributed by atoms with Crippen LogP contribution < -0.4 is 0 Å². The molecule has 0 saturated heterocycles. The van der Waals surface area contributed by atoms with Gasteiger partial charge in [0.15, 0.2) is 5.78 Å². The first-order valence-corrected chi connectivity index (χ1v) is 14.0. The molecule has 11 atom stereocenters. The molecule has 0 aromatic rings. The van der Waals surface area contributed by atoms with Gasteiger partial charge in [0.1, 0.15) is 0 Å². The zero-order valence-corrected chi connectivity index (χ0v) is 22.9. The summed E-state index contributed by atoms with van der Waals surface area (Å²) in [5.74, 6) is -1.27. The fourth-order valence-corrected chi connectivity index (χ4v) is 8.62. The van der Waals surface area contributed by atoms with Crippen LogP contribution in [0, 0.1) is 34.5 Å². The van der Waals surface area contributed by atoms with Crippen molar-refractivity contribution >= 4 is 11.8 Å². The van der Waals surface area contributed by atoms with Gasteiger partial charge in [0.05, 0.1) is 36.1 Å². The van der Waals surface area contributed by atoms with E-state index in [1.807, 2.05) is 20.8 Å². The second kappa shape index (κ2) is 9.70. The summed E-state index contributed by atoms with van der Waals surface area (Å²) in [6, 6.07) is 0. The molecule has 4 aliphatic carbocycles. The number of rotatable bonds is 7. The van der Waals surface area contributed by atoms with Gasteiger partial charge in [0.2, 0.25) is 0 Å². The van der Waals surface area contributed by atoms with E-state index in [9.17, 15) is 35.1 Å². The van der Waals surface area contributed by atoms with Crippen LogP contribution >= 0.6 is 0 Å². The zero-order valence-electron chi connectivity index (χ0n) is 22.9. The third-order valence-electron chi connectivity index (χ3n) is 11.0. The normalized spacial score (nSPS) is 44.5. The number of hydrogen-bond acceptors (Lipinski definition) is 8. The first kappa shape index (κ1) is 28.7. The maximum Gasteiger partial charge on any atom is 0.302 e. The molecule has 3 fully saturated rings. The number of ketones is 1. The molecule has 5 N–H and O–H groups in total. The smallest absolute Gasteiger partial charge is 0.302 e. The average Bonchev–Trinajstić information content (AvgIpc) is 3.10. The minimum absolute atomic E-state index is 0.0392. The van der Waals surface area contributed by atoms with Crippen molar-refractivity contribution in [3.05, 3.63) is 11.6 Å². The molecular weight excluding hydrogens is 476 g/mol. The quantitative estimate of drug-likeness (QED) is 0.320. The Bertz CT molecular complexity index is 944. The van der Waals surface area contributed by atoms with Crippen LogP contribution in [0.15, 0.2) is 11.6 Å². The number of allylic oxidation sites excluding steroid dienone is 1. The van der Waals surface area contributed by atoms with Crippen molar-refractivity contribution in [3.63, 3.8) is 0 Å². The zero-order chi connectivity index (χ0) is 27.6. The summed E-state index contributed by atoms with van der Waals surface area (Å²) in [5, 5.41) is 55.8. The van der Waals surface area contributed by atoms with Gasteiger partial charge < -0.3 is 30.3 Å². The van der Waals surface area contributed by atoms with Gasteiger partial charge in [-0.25, -0.2) is 0 Å². The van der Waals surface area contributed by atoms with Gasteiger partial charge >= 0.3 is 5.97 Å². The highest BCUT2D eigenvalue weighted by Gasteiger charge is 2.69. The largest absolute Gasteiger partial charge is 0.466 e. The maximum absolute atomic E-state index is 13.3. The third-order valence-corrected chi connectivity index (χ3v) is 11.0.